The molecule has 0 N–H and O–H groups in total. The fourth-order valence-corrected chi connectivity index (χ4v) is 3.21. The average molecular weight is 316 g/mol. The average Bonchev–Trinajstić information content (AvgIpc) is 2.88. The summed E-state index contributed by atoms with van der Waals surface area (Å²) in [7, 11) is 0. The Morgan fingerprint density at radius 2 is 2.04 bits per heavy atom. The molecule has 0 aromatic heterocycles. The van der Waals surface area contributed by atoms with E-state index in [1.54, 1.807) is 0 Å². The van der Waals surface area contributed by atoms with E-state index in [0.717, 1.165) is 44.1 Å². The predicted octanol–water partition coefficient (Wildman–Crippen LogP) is 4.68. The predicted molar refractivity (Wildman–Crippen MR) is 92.0 cm³/mol. The number of cyclic esters (lactones) is 1. The second kappa shape index (κ2) is 9.49. The molecule has 1 saturated carbocycles. The van der Waals surface area contributed by atoms with Gasteiger partial charge in [0.1, 0.15) is 6.10 Å². The lowest BCUT2D eigenvalue weighted by Gasteiger charge is -2.16. The third kappa shape index (κ3) is 5.81. The van der Waals surface area contributed by atoms with Crippen molar-refractivity contribution in [2.75, 3.05) is 0 Å². The second-order valence-electron chi connectivity index (χ2n) is 6.38. The Morgan fingerprint density at radius 3 is 2.87 bits per heavy atom. The quantitative estimate of drug-likeness (QED) is 0.561. The Labute approximate surface area is 139 Å². The molecule has 23 heavy (non-hydrogen) atoms. The smallest absolute Gasteiger partial charge is 0.306 e. The fourth-order valence-electron chi connectivity index (χ4n) is 3.21. The number of ether oxygens (including phenoxy) is 1. The van der Waals surface area contributed by atoms with Crippen molar-refractivity contribution in [1.29, 1.82) is 0 Å². The molecule has 0 spiro atoms. The van der Waals surface area contributed by atoms with E-state index in [1.165, 1.54) is 0 Å². The van der Waals surface area contributed by atoms with E-state index in [0.29, 0.717) is 25.2 Å². The maximum atomic E-state index is 12.1. The summed E-state index contributed by atoms with van der Waals surface area (Å²) < 4.78 is 5.62. The minimum atomic E-state index is -0.152. The second-order valence-corrected chi connectivity index (χ2v) is 6.38. The molecule has 3 nitrogen and oxygen atoms in total. The Balaban J connectivity index is 2.11. The van der Waals surface area contributed by atoms with Crippen LogP contribution in [0.15, 0.2) is 36.0 Å². The van der Waals surface area contributed by atoms with E-state index in [1.807, 2.05) is 6.08 Å². The van der Waals surface area contributed by atoms with Gasteiger partial charge in [0.15, 0.2) is 5.78 Å². The van der Waals surface area contributed by atoms with Gasteiger partial charge in [-0.15, -0.1) is 0 Å². The summed E-state index contributed by atoms with van der Waals surface area (Å²) >= 11 is 0. The molecule has 0 saturated heterocycles. The Morgan fingerprint density at radius 1 is 1.17 bits per heavy atom. The summed E-state index contributed by atoms with van der Waals surface area (Å²) in [5, 5.41) is 0. The molecule has 0 amide bonds. The first-order valence-corrected chi connectivity index (χ1v) is 8.93. The highest BCUT2D eigenvalue weighted by atomic mass is 16.5. The molecule has 0 radical (unpaired) electrons. The van der Waals surface area contributed by atoms with Crippen LogP contribution in [0, 0.1) is 5.92 Å². The molecule has 0 bridgehead atoms. The molecule has 1 fully saturated rings. The molecule has 0 aromatic carbocycles. The van der Waals surface area contributed by atoms with Crippen LogP contribution in [0.2, 0.25) is 0 Å². The maximum absolute atomic E-state index is 12.1. The van der Waals surface area contributed by atoms with Gasteiger partial charge in [-0.3, -0.25) is 9.59 Å². The number of hydrogen-bond acceptors (Lipinski definition) is 3. The molecular weight excluding hydrogens is 288 g/mol. The van der Waals surface area contributed by atoms with Gasteiger partial charge in [0.2, 0.25) is 0 Å². The minimum Gasteiger partial charge on any atom is -0.462 e. The van der Waals surface area contributed by atoms with E-state index >= 15 is 0 Å². The van der Waals surface area contributed by atoms with Crippen molar-refractivity contribution in [3.05, 3.63) is 36.0 Å². The first kappa shape index (κ1) is 17.7. The van der Waals surface area contributed by atoms with E-state index in [2.05, 4.69) is 31.2 Å². The zero-order valence-corrected chi connectivity index (χ0v) is 14.1. The molecule has 126 valence electrons. The summed E-state index contributed by atoms with van der Waals surface area (Å²) in [5.41, 5.74) is 0.953. The highest BCUT2D eigenvalue weighted by Crippen LogP contribution is 2.32. The molecule has 2 atom stereocenters. The lowest BCUT2D eigenvalue weighted by molar-refractivity contribution is -0.148. The van der Waals surface area contributed by atoms with Crippen molar-refractivity contribution >= 4 is 11.8 Å². The van der Waals surface area contributed by atoms with Gasteiger partial charge in [-0.2, -0.15) is 0 Å². The molecule has 3 heteroatoms. The van der Waals surface area contributed by atoms with Crippen LogP contribution >= 0.6 is 0 Å². The van der Waals surface area contributed by atoms with Crippen LogP contribution in [0.1, 0.15) is 64.7 Å². The number of rotatable bonds is 3. The highest BCUT2D eigenvalue weighted by molar-refractivity contribution is 5.98. The fraction of sp³-hybridized carbons (Fsp3) is 0.600. The normalized spacial score (nSPS) is 30.6. The lowest BCUT2D eigenvalue weighted by atomic mass is 9.96. The number of fused-ring (bicyclic) bond motifs is 1. The van der Waals surface area contributed by atoms with Gasteiger partial charge in [-0.05, 0) is 43.6 Å². The van der Waals surface area contributed by atoms with Crippen molar-refractivity contribution < 1.29 is 14.3 Å². The standard InChI is InChI=1S/C20H28O3/c1-2-3-6-10-17-13-14-18-16(12-15-19(18)21)9-7-4-5-8-11-20(22)23-17/h3-4,6-7,14,16-17H,2,5,8-13,15H2,1H3/b6-3-,7-4-,18-14+/t16-,17+/m1/s1. The van der Waals surface area contributed by atoms with Crippen molar-refractivity contribution in [1.82, 2.24) is 0 Å². The molecule has 1 aliphatic carbocycles. The summed E-state index contributed by atoms with van der Waals surface area (Å²) in [6, 6.07) is 0. The Bertz CT molecular complexity index is 499. The van der Waals surface area contributed by atoms with Gasteiger partial charge >= 0.3 is 5.97 Å². The van der Waals surface area contributed by atoms with E-state index < -0.39 is 0 Å². The monoisotopic (exact) mass is 316 g/mol. The van der Waals surface area contributed by atoms with Crippen LogP contribution in [-0.2, 0) is 14.3 Å². The number of ketones is 1. The number of carbonyl (C=O) groups is 2. The van der Waals surface area contributed by atoms with Crippen LogP contribution in [0.5, 0.6) is 0 Å². The van der Waals surface area contributed by atoms with Crippen LogP contribution in [0.3, 0.4) is 0 Å². The van der Waals surface area contributed by atoms with E-state index in [4.69, 9.17) is 4.74 Å². The van der Waals surface area contributed by atoms with Gasteiger partial charge in [0.05, 0.1) is 0 Å². The third-order valence-corrected chi connectivity index (χ3v) is 4.52. The number of allylic oxidation sites excluding steroid dienone is 4. The Kier molecular flexibility index (Phi) is 7.31. The molecule has 1 aliphatic heterocycles. The first-order chi connectivity index (χ1) is 11.2. The Hall–Kier alpha value is -1.64. The van der Waals surface area contributed by atoms with Gasteiger partial charge in [-0.1, -0.05) is 37.3 Å². The zero-order valence-electron chi connectivity index (χ0n) is 14.1. The molecule has 0 unspecified atom stereocenters. The SMILES string of the molecule is CC/C=C\C[C@H]1C/C=C2/C(=O)CC[C@H]2C/C=C\CCCC(=O)O1. The molecule has 1 heterocycles. The van der Waals surface area contributed by atoms with Crippen molar-refractivity contribution in [3.8, 4) is 0 Å². The summed E-state index contributed by atoms with van der Waals surface area (Å²) in [4.78, 5) is 24.1. The number of Topliss-reactive ketones (excluding diaryl/α,β-unsaturated/α-hetero) is 1. The largest absolute Gasteiger partial charge is 0.462 e. The topological polar surface area (TPSA) is 43.4 Å². The molecule has 0 aromatic rings. The van der Waals surface area contributed by atoms with E-state index in [-0.39, 0.29) is 17.9 Å². The van der Waals surface area contributed by atoms with Crippen molar-refractivity contribution in [3.63, 3.8) is 0 Å². The van der Waals surface area contributed by atoms with E-state index in [9.17, 15) is 9.59 Å². The highest BCUT2D eigenvalue weighted by Gasteiger charge is 2.27. The van der Waals surface area contributed by atoms with Crippen LogP contribution in [0.4, 0.5) is 0 Å². The van der Waals surface area contributed by atoms with Gasteiger partial charge < -0.3 is 4.74 Å². The lowest BCUT2D eigenvalue weighted by Crippen LogP contribution is -2.17. The summed E-state index contributed by atoms with van der Waals surface area (Å²) in [5.74, 6) is 0.495. The number of esters is 1. The van der Waals surface area contributed by atoms with Gasteiger partial charge in [0.25, 0.3) is 0 Å². The van der Waals surface area contributed by atoms with Crippen LogP contribution in [-0.4, -0.2) is 17.9 Å². The minimum absolute atomic E-state index is 0.125. The van der Waals surface area contributed by atoms with Crippen molar-refractivity contribution in [2.45, 2.75) is 70.8 Å². The maximum Gasteiger partial charge on any atom is 0.306 e. The molecule has 2 rings (SSSR count). The molecule has 2 aliphatic rings. The zero-order chi connectivity index (χ0) is 16.5. The van der Waals surface area contributed by atoms with Crippen LogP contribution in [0.25, 0.3) is 0 Å². The van der Waals surface area contributed by atoms with Crippen LogP contribution < -0.4 is 0 Å². The molecular formula is C20H28O3. The summed E-state index contributed by atoms with van der Waals surface area (Å²) in [6.45, 7) is 2.09. The first-order valence-electron chi connectivity index (χ1n) is 8.93. The van der Waals surface area contributed by atoms with Crippen molar-refractivity contribution in [2.24, 2.45) is 5.92 Å². The van der Waals surface area contributed by atoms with Gasteiger partial charge in [-0.25, -0.2) is 0 Å². The summed E-state index contributed by atoms with van der Waals surface area (Å²) in [6.07, 6.45) is 17.4. The number of hydrogen-bond donors (Lipinski definition) is 0. The third-order valence-electron chi connectivity index (χ3n) is 4.52. The number of carbonyl (C=O) groups excluding carboxylic acids is 2. The van der Waals surface area contributed by atoms with Gasteiger partial charge in [0, 0.05) is 25.7 Å².